The first-order valence-corrected chi connectivity index (χ1v) is 3.89. The van der Waals surface area contributed by atoms with Gasteiger partial charge in [0.1, 0.15) is 5.78 Å². The molecule has 3 atom stereocenters. The van der Waals surface area contributed by atoms with E-state index in [0.717, 1.165) is 12.8 Å². The third kappa shape index (κ3) is 0.644. The van der Waals surface area contributed by atoms with E-state index in [2.05, 4.69) is 0 Å². The third-order valence-corrected chi connectivity index (χ3v) is 3.22. The van der Waals surface area contributed by atoms with Gasteiger partial charge in [-0.25, -0.2) is 0 Å². The summed E-state index contributed by atoms with van der Waals surface area (Å²) in [4.78, 5) is 11.0. The molecule has 1 nitrogen and oxygen atoms in total. The lowest BCUT2D eigenvalue weighted by atomic mass is 10.00. The molecule has 0 heterocycles. The van der Waals surface area contributed by atoms with Gasteiger partial charge in [0.25, 0.3) is 0 Å². The van der Waals surface area contributed by atoms with E-state index in [-0.39, 0.29) is 11.3 Å². The van der Waals surface area contributed by atoms with E-state index in [1.165, 1.54) is 6.42 Å². The van der Waals surface area contributed by atoms with Crippen molar-refractivity contribution in [3.63, 3.8) is 0 Å². The Bertz CT molecular complexity index is 155. The molecule has 0 aromatic rings. The van der Waals surface area contributed by atoms with E-state index in [4.69, 9.17) is 11.6 Å². The van der Waals surface area contributed by atoms with E-state index in [1.807, 2.05) is 0 Å². The Balaban J connectivity index is 2.26. The summed E-state index contributed by atoms with van der Waals surface area (Å²) in [7, 11) is 0. The van der Waals surface area contributed by atoms with Crippen LogP contribution in [-0.4, -0.2) is 11.2 Å². The van der Waals surface area contributed by atoms with E-state index in [0.29, 0.717) is 11.7 Å². The molecule has 0 saturated heterocycles. The maximum absolute atomic E-state index is 11.0. The van der Waals surface area contributed by atoms with Gasteiger partial charge in [0.2, 0.25) is 0 Å². The number of carbonyl (C=O) groups excluding carboxylic acids is 1. The Morgan fingerprint density at radius 1 is 1.44 bits per heavy atom. The Kier molecular flexibility index (Phi) is 1.10. The maximum atomic E-state index is 11.0. The first kappa shape index (κ1) is 5.72. The maximum Gasteiger partial charge on any atom is 0.137 e. The second kappa shape index (κ2) is 1.72. The van der Waals surface area contributed by atoms with Crippen molar-refractivity contribution in [2.24, 2.45) is 11.8 Å². The number of hydrogen-bond acceptors (Lipinski definition) is 1. The topological polar surface area (TPSA) is 17.1 Å². The number of ketones is 1. The van der Waals surface area contributed by atoms with Gasteiger partial charge >= 0.3 is 0 Å². The highest BCUT2D eigenvalue weighted by atomic mass is 35.5. The normalized spacial score (nSPS) is 48.6. The SMILES string of the molecule is O=C1C[C@@H]2CC[C@H]1[C@@H]2Cl. The molecule has 2 heteroatoms. The van der Waals surface area contributed by atoms with Crippen LogP contribution in [0.4, 0.5) is 0 Å². The zero-order valence-electron chi connectivity index (χ0n) is 5.14. The van der Waals surface area contributed by atoms with Crippen molar-refractivity contribution < 1.29 is 4.79 Å². The molecule has 50 valence electrons. The molecule has 0 amide bonds. The molecule has 9 heavy (non-hydrogen) atoms. The Morgan fingerprint density at radius 2 is 2.22 bits per heavy atom. The van der Waals surface area contributed by atoms with Crippen molar-refractivity contribution in [2.45, 2.75) is 24.6 Å². The van der Waals surface area contributed by atoms with Crippen LogP contribution in [0.1, 0.15) is 19.3 Å². The fraction of sp³-hybridized carbons (Fsp3) is 0.857. The smallest absolute Gasteiger partial charge is 0.137 e. The standard InChI is InChI=1S/C7H9ClO/c8-7-4-1-2-5(7)6(9)3-4/h4-5,7H,1-3H2/t4-,5+,7+/m0/s1. The second-order valence-electron chi connectivity index (χ2n) is 3.06. The first-order chi connectivity index (χ1) is 4.29. The monoisotopic (exact) mass is 144 g/mol. The fourth-order valence-corrected chi connectivity index (χ4v) is 2.49. The van der Waals surface area contributed by atoms with Crippen molar-refractivity contribution in [1.82, 2.24) is 0 Å². The van der Waals surface area contributed by atoms with Crippen molar-refractivity contribution in [3.05, 3.63) is 0 Å². The fourth-order valence-electron chi connectivity index (χ4n) is 2.00. The van der Waals surface area contributed by atoms with Crippen molar-refractivity contribution in [2.75, 3.05) is 0 Å². The Hall–Kier alpha value is -0.0400. The molecule has 2 rings (SSSR count). The molecular weight excluding hydrogens is 136 g/mol. The zero-order chi connectivity index (χ0) is 6.43. The number of hydrogen-bond donors (Lipinski definition) is 0. The summed E-state index contributed by atoms with van der Waals surface area (Å²) in [5, 5.41) is 0.192. The molecule has 0 radical (unpaired) electrons. The summed E-state index contributed by atoms with van der Waals surface area (Å²) in [6.07, 6.45) is 3.00. The average Bonchev–Trinajstić information content (AvgIpc) is 2.25. The van der Waals surface area contributed by atoms with Gasteiger partial charge in [0.15, 0.2) is 0 Å². The number of Topliss-reactive ketones (excluding diaryl/α,β-unsaturated/α-hetero) is 1. The summed E-state index contributed by atoms with van der Waals surface area (Å²) in [6, 6.07) is 0. The molecule has 2 aliphatic rings. The Morgan fingerprint density at radius 3 is 2.44 bits per heavy atom. The molecule has 0 N–H and O–H groups in total. The van der Waals surface area contributed by atoms with E-state index in [9.17, 15) is 4.79 Å². The third-order valence-electron chi connectivity index (χ3n) is 2.56. The summed E-state index contributed by atoms with van der Waals surface area (Å²) in [5.41, 5.74) is 0. The molecule has 0 aromatic heterocycles. The molecule has 2 saturated carbocycles. The van der Waals surface area contributed by atoms with E-state index in [1.54, 1.807) is 0 Å². The van der Waals surface area contributed by atoms with Gasteiger partial charge in [-0.15, -0.1) is 11.6 Å². The van der Waals surface area contributed by atoms with Gasteiger partial charge in [-0.1, -0.05) is 0 Å². The van der Waals surface area contributed by atoms with Crippen molar-refractivity contribution in [1.29, 1.82) is 0 Å². The number of halogens is 1. The predicted molar refractivity (Wildman–Crippen MR) is 35.5 cm³/mol. The van der Waals surface area contributed by atoms with Gasteiger partial charge in [0.05, 0.1) is 0 Å². The lowest BCUT2D eigenvalue weighted by Gasteiger charge is -2.04. The van der Waals surface area contributed by atoms with E-state index < -0.39 is 0 Å². The number of alkyl halides is 1. The molecule has 0 unspecified atom stereocenters. The first-order valence-electron chi connectivity index (χ1n) is 3.46. The van der Waals surface area contributed by atoms with Gasteiger partial charge in [-0.3, -0.25) is 4.79 Å². The van der Waals surface area contributed by atoms with Crippen molar-refractivity contribution >= 4 is 17.4 Å². The summed E-state index contributed by atoms with van der Waals surface area (Å²) in [6.45, 7) is 0. The number of carbonyl (C=O) groups is 1. The highest BCUT2D eigenvalue weighted by molar-refractivity contribution is 6.23. The average molecular weight is 145 g/mol. The summed E-state index contributed by atoms with van der Waals surface area (Å²) >= 11 is 5.95. The van der Waals surface area contributed by atoms with Crippen LogP contribution in [-0.2, 0) is 4.79 Å². The second-order valence-corrected chi connectivity index (χ2v) is 3.56. The number of rotatable bonds is 0. The molecule has 0 aliphatic heterocycles. The van der Waals surface area contributed by atoms with Gasteiger partial charge < -0.3 is 0 Å². The van der Waals surface area contributed by atoms with E-state index >= 15 is 0 Å². The van der Waals surface area contributed by atoms with Crippen LogP contribution in [0.2, 0.25) is 0 Å². The van der Waals surface area contributed by atoms with Crippen LogP contribution in [0.15, 0.2) is 0 Å². The minimum Gasteiger partial charge on any atom is -0.299 e. The zero-order valence-corrected chi connectivity index (χ0v) is 5.90. The van der Waals surface area contributed by atoms with Crippen LogP contribution in [0.5, 0.6) is 0 Å². The van der Waals surface area contributed by atoms with Crippen LogP contribution in [0, 0.1) is 11.8 Å². The van der Waals surface area contributed by atoms with Crippen LogP contribution in [0.3, 0.4) is 0 Å². The molecular formula is C7H9ClO. The molecule has 2 bridgehead atoms. The summed E-state index contributed by atoms with van der Waals surface area (Å²) < 4.78 is 0. The van der Waals surface area contributed by atoms with Gasteiger partial charge in [-0.2, -0.15) is 0 Å². The highest BCUT2D eigenvalue weighted by Crippen LogP contribution is 2.45. The van der Waals surface area contributed by atoms with Crippen LogP contribution in [0.25, 0.3) is 0 Å². The molecule has 0 aromatic carbocycles. The lowest BCUT2D eigenvalue weighted by Crippen LogP contribution is -2.10. The molecule has 2 fully saturated rings. The lowest BCUT2D eigenvalue weighted by molar-refractivity contribution is -0.121. The number of fused-ring (bicyclic) bond motifs is 2. The molecule has 0 spiro atoms. The predicted octanol–water partition coefficient (Wildman–Crippen LogP) is 1.59. The van der Waals surface area contributed by atoms with Crippen LogP contribution >= 0.6 is 11.6 Å². The minimum atomic E-state index is 0.192. The van der Waals surface area contributed by atoms with Gasteiger partial charge in [-0.05, 0) is 18.8 Å². The van der Waals surface area contributed by atoms with Crippen molar-refractivity contribution in [3.8, 4) is 0 Å². The quantitative estimate of drug-likeness (QED) is 0.472. The minimum absolute atomic E-state index is 0.192. The largest absolute Gasteiger partial charge is 0.299 e. The molecule has 2 aliphatic carbocycles. The highest BCUT2D eigenvalue weighted by Gasteiger charge is 2.46. The van der Waals surface area contributed by atoms with Gasteiger partial charge in [0, 0.05) is 17.7 Å². The summed E-state index contributed by atoms with van der Waals surface area (Å²) in [5.74, 6) is 1.17. The van der Waals surface area contributed by atoms with Crippen LogP contribution < -0.4 is 0 Å². The Labute approximate surface area is 59.4 Å².